The van der Waals surface area contributed by atoms with Crippen molar-refractivity contribution in [3.63, 3.8) is 0 Å². The predicted molar refractivity (Wildman–Crippen MR) is 70.3 cm³/mol. The highest BCUT2D eigenvalue weighted by molar-refractivity contribution is 5.68. The van der Waals surface area contributed by atoms with Crippen LogP contribution in [-0.4, -0.2) is 55.1 Å². The summed E-state index contributed by atoms with van der Waals surface area (Å²) in [6.45, 7) is 2.45. The van der Waals surface area contributed by atoms with Gasteiger partial charge < -0.3 is 14.5 Å². The Kier molecular flexibility index (Phi) is 4.78. The van der Waals surface area contributed by atoms with Crippen LogP contribution in [0.2, 0.25) is 0 Å². The number of amides is 2. The van der Waals surface area contributed by atoms with E-state index in [1.807, 2.05) is 36.7 Å². The van der Waals surface area contributed by atoms with Gasteiger partial charge in [-0.15, -0.1) is 0 Å². The van der Waals surface area contributed by atoms with Crippen molar-refractivity contribution in [1.82, 2.24) is 9.80 Å². The first-order valence-corrected chi connectivity index (χ1v) is 6.38. The molecule has 5 heteroatoms. The van der Waals surface area contributed by atoms with E-state index in [0.717, 1.165) is 5.56 Å². The van der Waals surface area contributed by atoms with Crippen LogP contribution in [0.15, 0.2) is 30.3 Å². The zero-order valence-electron chi connectivity index (χ0n) is 10.7. The fourth-order valence-electron chi connectivity index (χ4n) is 1.97. The maximum absolute atomic E-state index is 11.8. The van der Waals surface area contributed by atoms with Crippen molar-refractivity contribution in [2.75, 3.05) is 32.8 Å². The molecule has 1 radical (unpaired) electrons. The van der Waals surface area contributed by atoms with Gasteiger partial charge in [-0.05, 0) is 5.56 Å². The number of rotatable bonds is 4. The number of ether oxygens (including phenoxy) is 1. The second-order valence-electron chi connectivity index (χ2n) is 4.42. The maximum Gasteiger partial charge on any atom is 0.409 e. The Morgan fingerprint density at radius 1 is 1.16 bits per heavy atom. The van der Waals surface area contributed by atoms with E-state index in [1.54, 1.807) is 4.90 Å². The number of hydrogen-bond acceptors (Lipinski definition) is 3. The van der Waals surface area contributed by atoms with Crippen molar-refractivity contribution in [3.05, 3.63) is 35.9 Å². The average molecular weight is 261 g/mol. The summed E-state index contributed by atoms with van der Waals surface area (Å²) in [5, 5.41) is 0. The molecule has 0 N–H and O–H groups in total. The van der Waals surface area contributed by atoms with Crippen LogP contribution in [0.25, 0.3) is 0 Å². The van der Waals surface area contributed by atoms with Crippen LogP contribution in [-0.2, 0) is 16.0 Å². The van der Waals surface area contributed by atoms with Crippen LogP contribution >= 0.6 is 0 Å². The molecule has 0 aromatic heterocycles. The molecule has 1 aromatic carbocycles. The Morgan fingerprint density at radius 3 is 2.47 bits per heavy atom. The number of piperazine rings is 1. The number of hydrogen-bond donors (Lipinski definition) is 0. The minimum atomic E-state index is -0.304. The largest absolute Gasteiger partial charge is 0.449 e. The third-order valence-corrected chi connectivity index (χ3v) is 3.13. The van der Waals surface area contributed by atoms with E-state index in [1.165, 1.54) is 4.90 Å². The third-order valence-electron chi connectivity index (χ3n) is 3.13. The van der Waals surface area contributed by atoms with Gasteiger partial charge in [-0.1, -0.05) is 30.3 Å². The number of nitrogens with zero attached hydrogens (tertiary/aromatic N) is 2. The SMILES string of the molecule is O=[C]N1CCN(C(=O)OCCc2ccccc2)CC1. The molecular formula is C14H17N2O3. The van der Waals surface area contributed by atoms with Crippen molar-refractivity contribution in [2.24, 2.45) is 0 Å². The molecule has 2 amide bonds. The fraction of sp³-hybridized carbons (Fsp3) is 0.429. The normalized spacial score (nSPS) is 15.2. The maximum atomic E-state index is 11.8. The lowest BCUT2D eigenvalue weighted by Crippen LogP contribution is -2.48. The summed E-state index contributed by atoms with van der Waals surface area (Å²) in [5.74, 6) is 0. The van der Waals surface area contributed by atoms with Crippen molar-refractivity contribution >= 4 is 12.5 Å². The highest BCUT2D eigenvalue weighted by atomic mass is 16.6. The third kappa shape index (κ3) is 3.98. The van der Waals surface area contributed by atoms with E-state index in [0.29, 0.717) is 39.2 Å². The van der Waals surface area contributed by atoms with Crippen molar-refractivity contribution in [3.8, 4) is 0 Å². The van der Waals surface area contributed by atoms with Crippen LogP contribution in [0, 0.1) is 0 Å². The molecule has 1 aromatic rings. The van der Waals surface area contributed by atoms with Gasteiger partial charge in [0.25, 0.3) is 0 Å². The van der Waals surface area contributed by atoms with Crippen LogP contribution in [0.4, 0.5) is 4.79 Å². The van der Waals surface area contributed by atoms with Crippen LogP contribution < -0.4 is 0 Å². The molecule has 1 aliphatic rings. The van der Waals surface area contributed by atoms with Gasteiger partial charge in [0.15, 0.2) is 0 Å². The highest BCUT2D eigenvalue weighted by Crippen LogP contribution is 2.04. The molecule has 1 heterocycles. The molecule has 5 nitrogen and oxygen atoms in total. The van der Waals surface area contributed by atoms with Crippen molar-refractivity contribution < 1.29 is 14.3 Å². The quantitative estimate of drug-likeness (QED) is 0.814. The van der Waals surface area contributed by atoms with E-state index < -0.39 is 0 Å². The minimum absolute atomic E-state index is 0.304. The average Bonchev–Trinajstić information content (AvgIpc) is 2.48. The van der Waals surface area contributed by atoms with E-state index in [9.17, 15) is 9.59 Å². The first kappa shape index (κ1) is 13.4. The minimum Gasteiger partial charge on any atom is -0.449 e. The summed E-state index contributed by atoms with van der Waals surface area (Å²) < 4.78 is 5.22. The molecule has 0 bridgehead atoms. The van der Waals surface area contributed by atoms with E-state index in [2.05, 4.69) is 0 Å². The second kappa shape index (κ2) is 6.78. The smallest absolute Gasteiger partial charge is 0.409 e. The number of carbonyl (C=O) groups is 1. The van der Waals surface area contributed by atoms with Gasteiger partial charge in [0, 0.05) is 32.6 Å². The zero-order chi connectivity index (χ0) is 13.5. The molecule has 1 aliphatic heterocycles. The number of carbonyl (C=O) groups excluding carboxylic acids is 2. The van der Waals surface area contributed by atoms with Crippen LogP contribution in [0.3, 0.4) is 0 Å². The molecule has 1 fully saturated rings. The Bertz CT molecular complexity index is 414. The molecular weight excluding hydrogens is 244 g/mol. The monoisotopic (exact) mass is 261 g/mol. The Morgan fingerprint density at radius 2 is 1.84 bits per heavy atom. The van der Waals surface area contributed by atoms with Gasteiger partial charge in [-0.3, -0.25) is 4.79 Å². The van der Waals surface area contributed by atoms with Gasteiger partial charge >= 0.3 is 12.5 Å². The molecule has 2 rings (SSSR count). The van der Waals surface area contributed by atoms with E-state index >= 15 is 0 Å². The molecule has 19 heavy (non-hydrogen) atoms. The topological polar surface area (TPSA) is 49.9 Å². The number of benzene rings is 1. The van der Waals surface area contributed by atoms with Gasteiger partial charge in [0.05, 0.1) is 6.61 Å². The Balaban J connectivity index is 1.69. The van der Waals surface area contributed by atoms with Crippen LogP contribution in [0.1, 0.15) is 5.56 Å². The molecule has 101 valence electrons. The summed E-state index contributed by atoms with van der Waals surface area (Å²) in [6.07, 6.45) is 2.25. The molecule has 0 saturated carbocycles. The summed E-state index contributed by atoms with van der Waals surface area (Å²) in [7, 11) is 0. The lowest BCUT2D eigenvalue weighted by Gasteiger charge is -2.31. The van der Waals surface area contributed by atoms with Gasteiger partial charge in [0.2, 0.25) is 0 Å². The highest BCUT2D eigenvalue weighted by Gasteiger charge is 2.21. The molecule has 0 aliphatic carbocycles. The first-order chi connectivity index (χ1) is 9.29. The fourth-order valence-corrected chi connectivity index (χ4v) is 1.97. The van der Waals surface area contributed by atoms with Crippen molar-refractivity contribution in [2.45, 2.75) is 6.42 Å². The Hall–Kier alpha value is -2.04. The van der Waals surface area contributed by atoms with Gasteiger partial charge in [-0.2, -0.15) is 0 Å². The lowest BCUT2D eigenvalue weighted by atomic mass is 10.2. The first-order valence-electron chi connectivity index (χ1n) is 6.38. The van der Waals surface area contributed by atoms with E-state index in [-0.39, 0.29) is 6.09 Å². The summed E-state index contributed by atoms with van der Waals surface area (Å²) in [5.41, 5.74) is 1.15. The summed E-state index contributed by atoms with van der Waals surface area (Å²) >= 11 is 0. The summed E-state index contributed by atoms with van der Waals surface area (Å²) in [6, 6.07) is 9.90. The van der Waals surface area contributed by atoms with Gasteiger partial charge in [-0.25, -0.2) is 4.79 Å². The van der Waals surface area contributed by atoms with Crippen molar-refractivity contribution in [1.29, 1.82) is 0 Å². The zero-order valence-corrected chi connectivity index (χ0v) is 10.7. The Labute approximate surface area is 112 Å². The van der Waals surface area contributed by atoms with Crippen LogP contribution in [0.5, 0.6) is 0 Å². The molecule has 0 spiro atoms. The van der Waals surface area contributed by atoms with E-state index in [4.69, 9.17) is 4.74 Å². The molecule has 0 atom stereocenters. The second-order valence-corrected chi connectivity index (χ2v) is 4.42. The standard InChI is InChI=1S/C14H17N2O3/c17-12-15-7-9-16(10-8-15)14(18)19-11-6-13-4-2-1-3-5-13/h1-5H,6-11H2. The van der Waals surface area contributed by atoms with Gasteiger partial charge in [0.1, 0.15) is 0 Å². The lowest BCUT2D eigenvalue weighted by molar-refractivity contribution is 0.0883. The predicted octanol–water partition coefficient (Wildman–Crippen LogP) is 1.05. The molecule has 1 saturated heterocycles. The summed E-state index contributed by atoms with van der Waals surface area (Å²) in [4.78, 5) is 25.4. The molecule has 0 unspecified atom stereocenters.